The molecule has 1 saturated heterocycles. The van der Waals surface area contributed by atoms with Crippen LogP contribution in [-0.2, 0) is 12.7 Å². The van der Waals surface area contributed by atoms with Crippen LogP contribution in [0.25, 0.3) is 0 Å². The molecule has 2 aromatic heterocycles. The minimum absolute atomic E-state index is 0.188. The van der Waals surface area contributed by atoms with Crippen LogP contribution in [0.5, 0.6) is 5.88 Å². The molecule has 0 aromatic carbocycles. The topological polar surface area (TPSA) is 56.1 Å². The lowest BCUT2D eigenvalue weighted by Gasteiger charge is -2.32. The average Bonchev–Trinajstić information content (AvgIpc) is 3.12. The highest BCUT2D eigenvalue weighted by atomic mass is 19.4. The summed E-state index contributed by atoms with van der Waals surface area (Å²) in [5.41, 5.74) is -0.825. The van der Waals surface area contributed by atoms with E-state index in [1.54, 1.807) is 10.9 Å². The fourth-order valence-corrected chi connectivity index (χ4v) is 3.00. The fraction of sp³-hybridized carbons (Fsp3) is 0.562. The van der Waals surface area contributed by atoms with Crippen LogP contribution < -0.4 is 4.74 Å². The van der Waals surface area contributed by atoms with Gasteiger partial charge in [0.1, 0.15) is 5.56 Å². The lowest BCUT2D eigenvalue weighted by Crippen LogP contribution is -2.39. The zero-order valence-corrected chi connectivity index (χ0v) is 13.7. The molecular weight excluding hydrogens is 335 g/mol. The standard InChI is InChI=1S/C16H20F3N5O/c17-16(18,19)14-4-1-5-20-15(14)25-12-13-3-2-7-23(11-13)9-10-24-8-6-21-22-24/h1,4-6,8,13H,2-3,7,9-12H2. The Morgan fingerprint density at radius 1 is 1.24 bits per heavy atom. The fourth-order valence-electron chi connectivity index (χ4n) is 3.00. The number of rotatable bonds is 6. The van der Waals surface area contributed by atoms with E-state index in [9.17, 15) is 13.2 Å². The highest BCUT2D eigenvalue weighted by molar-refractivity contribution is 5.28. The number of likely N-dealkylation sites (tertiary alicyclic amines) is 1. The van der Waals surface area contributed by atoms with Crippen molar-refractivity contribution in [2.45, 2.75) is 25.6 Å². The molecule has 6 nitrogen and oxygen atoms in total. The number of alkyl halides is 3. The molecule has 0 N–H and O–H groups in total. The molecule has 0 amide bonds. The van der Waals surface area contributed by atoms with Crippen LogP contribution in [0.4, 0.5) is 13.2 Å². The van der Waals surface area contributed by atoms with Crippen molar-refractivity contribution in [1.29, 1.82) is 0 Å². The van der Waals surface area contributed by atoms with Crippen LogP contribution in [0, 0.1) is 5.92 Å². The van der Waals surface area contributed by atoms with Gasteiger partial charge in [0.15, 0.2) is 0 Å². The van der Waals surface area contributed by atoms with Crippen molar-refractivity contribution in [3.63, 3.8) is 0 Å². The van der Waals surface area contributed by atoms with Crippen molar-refractivity contribution < 1.29 is 17.9 Å². The molecule has 0 bridgehead atoms. The maximum Gasteiger partial charge on any atom is 0.421 e. The zero-order chi connectivity index (χ0) is 17.7. The second-order valence-corrected chi connectivity index (χ2v) is 6.14. The maximum absolute atomic E-state index is 13.0. The number of piperidine rings is 1. The van der Waals surface area contributed by atoms with Gasteiger partial charge in [-0.2, -0.15) is 13.2 Å². The van der Waals surface area contributed by atoms with Crippen molar-refractivity contribution in [3.05, 3.63) is 36.3 Å². The molecule has 136 valence electrons. The van der Waals surface area contributed by atoms with Gasteiger partial charge in [-0.05, 0) is 31.5 Å². The van der Waals surface area contributed by atoms with Gasteiger partial charge in [0.25, 0.3) is 0 Å². The summed E-state index contributed by atoms with van der Waals surface area (Å²) < 4.78 is 46.1. The Morgan fingerprint density at radius 2 is 2.12 bits per heavy atom. The zero-order valence-electron chi connectivity index (χ0n) is 13.7. The van der Waals surface area contributed by atoms with Gasteiger partial charge in [0, 0.05) is 31.4 Å². The van der Waals surface area contributed by atoms with Gasteiger partial charge in [0.2, 0.25) is 5.88 Å². The number of aromatic nitrogens is 4. The molecule has 9 heteroatoms. The first kappa shape index (κ1) is 17.7. The van der Waals surface area contributed by atoms with Crippen molar-refractivity contribution in [3.8, 4) is 5.88 Å². The third kappa shape index (κ3) is 4.91. The van der Waals surface area contributed by atoms with E-state index in [4.69, 9.17) is 4.74 Å². The minimum Gasteiger partial charge on any atom is -0.477 e. The number of halogens is 3. The summed E-state index contributed by atoms with van der Waals surface area (Å²) in [5.74, 6) is -0.151. The van der Waals surface area contributed by atoms with Gasteiger partial charge >= 0.3 is 6.18 Å². The van der Waals surface area contributed by atoms with E-state index in [1.807, 2.05) is 6.20 Å². The molecule has 0 saturated carbocycles. The first-order valence-electron chi connectivity index (χ1n) is 8.24. The van der Waals surface area contributed by atoms with E-state index < -0.39 is 11.7 Å². The predicted octanol–water partition coefficient (Wildman–Crippen LogP) is 2.48. The van der Waals surface area contributed by atoms with E-state index >= 15 is 0 Å². The van der Waals surface area contributed by atoms with Crippen molar-refractivity contribution >= 4 is 0 Å². The van der Waals surface area contributed by atoms with E-state index in [1.165, 1.54) is 12.3 Å². The Balaban J connectivity index is 1.51. The molecule has 1 aliphatic rings. The summed E-state index contributed by atoms with van der Waals surface area (Å²) in [5, 5.41) is 7.70. The summed E-state index contributed by atoms with van der Waals surface area (Å²) in [6.45, 7) is 3.58. The van der Waals surface area contributed by atoms with Crippen LogP contribution in [-0.4, -0.2) is 51.1 Å². The van der Waals surface area contributed by atoms with E-state index in [-0.39, 0.29) is 18.4 Å². The second-order valence-electron chi connectivity index (χ2n) is 6.14. The number of nitrogens with zero attached hydrogens (tertiary/aromatic N) is 5. The van der Waals surface area contributed by atoms with Crippen LogP contribution in [0.15, 0.2) is 30.7 Å². The Bertz CT molecular complexity index is 662. The third-order valence-electron chi connectivity index (χ3n) is 4.25. The van der Waals surface area contributed by atoms with Crippen molar-refractivity contribution in [2.24, 2.45) is 5.92 Å². The normalized spacial score (nSPS) is 19.1. The summed E-state index contributed by atoms with van der Waals surface area (Å²) in [4.78, 5) is 6.02. The quantitative estimate of drug-likeness (QED) is 0.797. The summed E-state index contributed by atoms with van der Waals surface area (Å²) >= 11 is 0. The minimum atomic E-state index is -4.46. The van der Waals surface area contributed by atoms with Gasteiger partial charge in [0.05, 0.1) is 19.3 Å². The molecule has 25 heavy (non-hydrogen) atoms. The summed E-state index contributed by atoms with van der Waals surface area (Å²) in [6, 6.07) is 2.26. The molecule has 2 aromatic rings. The van der Waals surface area contributed by atoms with E-state index in [0.717, 1.165) is 45.1 Å². The van der Waals surface area contributed by atoms with Gasteiger partial charge in [-0.25, -0.2) is 4.98 Å². The average molecular weight is 355 g/mol. The SMILES string of the molecule is FC(F)(F)c1cccnc1OCC1CCCN(CCn2ccnn2)C1. The van der Waals surface area contributed by atoms with Gasteiger partial charge in [-0.1, -0.05) is 5.21 Å². The molecular formula is C16H20F3N5O. The van der Waals surface area contributed by atoms with Gasteiger partial charge in [-0.3, -0.25) is 4.68 Å². The van der Waals surface area contributed by atoms with Crippen LogP contribution in [0.1, 0.15) is 18.4 Å². The second kappa shape index (κ2) is 7.81. The predicted molar refractivity (Wildman–Crippen MR) is 83.9 cm³/mol. The monoisotopic (exact) mass is 355 g/mol. The molecule has 3 heterocycles. The molecule has 0 spiro atoms. The largest absolute Gasteiger partial charge is 0.477 e. The number of pyridine rings is 1. The van der Waals surface area contributed by atoms with Crippen molar-refractivity contribution in [1.82, 2.24) is 24.9 Å². The van der Waals surface area contributed by atoms with Crippen LogP contribution in [0.2, 0.25) is 0 Å². The molecule has 0 radical (unpaired) electrons. The lowest BCUT2D eigenvalue weighted by atomic mass is 9.99. The maximum atomic E-state index is 13.0. The Kier molecular flexibility index (Phi) is 5.52. The lowest BCUT2D eigenvalue weighted by molar-refractivity contribution is -0.139. The van der Waals surface area contributed by atoms with E-state index in [2.05, 4.69) is 20.2 Å². The van der Waals surface area contributed by atoms with Crippen molar-refractivity contribution in [2.75, 3.05) is 26.2 Å². The molecule has 3 rings (SSSR count). The summed E-state index contributed by atoms with van der Waals surface area (Å²) in [7, 11) is 0. The van der Waals surface area contributed by atoms with Gasteiger partial charge < -0.3 is 9.64 Å². The molecule has 1 unspecified atom stereocenters. The number of hydrogen-bond acceptors (Lipinski definition) is 5. The highest BCUT2D eigenvalue weighted by Gasteiger charge is 2.35. The molecule has 1 fully saturated rings. The number of hydrogen-bond donors (Lipinski definition) is 0. The Labute approximate surface area is 143 Å². The molecule has 1 aliphatic heterocycles. The highest BCUT2D eigenvalue weighted by Crippen LogP contribution is 2.34. The van der Waals surface area contributed by atoms with E-state index in [0.29, 0.717) is 0 Å². The first-order chi connectivity index (χ1) is 12.0. The Hall–Kier alpha value is -2.16. The summed E-state index contributed by atoms with van der Waals surface area (Å²) in [6.07, 6.45) is 2.24. The van der Waals surface area contributed by atoms with Gasteiger partial charge in [-0.15, -0.1) is 5.10 Å². The number of ether oxygens (including phenoxy) is 1. The molecule has 1 atom stereocenters. The first-order valence-corrected chi connectivity index (χ1v) is 8.24. The van der Waals surface area contributed by atoms with Crippen LogP contribution in [0.3, 0.4) is 0 Å². The molecule has 0 aliphatic carbocycles. The van der Waals surface area contributed by atoms with Crippen LogP contribution >= 0.6 is 0 Å². The third-order valence-corrected chi connectivity index (χ3v) is 4.25. The Morgan fingerprint density at radius 3 is 2.88 bits per heavy atom. The smallest absolute Gasteiger partial charge is 0.421 e.